The van der Waals surface area contributed by atoms with Gasteiger partial charge in [0.05, 0.1) is 13.2 Å². The summed E-state index contributed by atoms with van der Waals surface area (Å²) in [5.74, 6) is 0.659. The predicted molar refractivity (Wildman–Crippen MR) is 102 cm³/mol. The van der Waals surface area contributed by atoms with Crippen molar-refractivity contribution >= 4 is 17.3 Å². The van der Waals surface area contributed by atoms with Gasteiger partial charge in [0.2, 0.25) is 5.91 Å². The van der Waals surface area contributed by atoms with Crippen LogP contribution in [0.4, 0.5) is 11.4 Å². The minimum Gasteiger partial charge on any atom is -0.491 e. The first kappa shape index (κ1) is 18.8. The van der Waals surface area contributed by atoms with E-state index < -0.39 is 0 Å². The maximum absolute atomic E-state index is 12.1. The molecule has 0 unspecified atom stereocenters. The van der Waals surface area contributed by atoms with Crippen LogP contribution in [0.25, 0.3) is 0 Å². The van der Waals surface area contributed by atoms with Gasteiger partial charge < -0.3 is 20.1 Å². The third kappa shape index (κ3) is 5.80. The number of hydrogen-bond acceptors (Lipinski definition) is 4. The van der Waals surface area contributed by atoms with Gasteiger partial charge in [-0.2, -0.15) is 0 Å². The molecule has 0 radical (unpaired) electrons. The number of aryl methyl sites for hydroxylation is 3. The van der Waals surface area contributed by atoms with E-state index in [1.807, 2.05) is 38.1 Å². The van der Waals surface area contributed by atoms with Crippen molar-refractivity contribution in [2.24, 2.45) is 0 Å². The zero-order valence-corrected chi connectivity index (χ0v) is 15.3. The minimum atomic E-state index is -0.0903. The fourth-order valence-corrected chi connectivity index (χ4v) is 2.71. The number of ether oxygens (including phenoxy) is 2. The molecule has 2 aromatic rings. The quantitative estimate of drug-likeness (QED) is 0.718. The van der Waals surface area contributed by atoms with Crippen molar-refractivity contribution in [3.63, 3.8) is 0 Å². The molecule has 134 valence electrons. The van der Waals surface area contributed by atoms with Gasteiger partial charge in [-0.3, -0.25) is 4.79 Å². The zero-order chi connectivity index (χ0) is 18.2. The number of methoxy groups -OCH3 is 1. The average molecular weight is 342 g/mol. The molecule has 2 aromatic carbocycles. The highest BCUT2D eigenvalue weighted by Gasteiger charge is 2.07. The SMILES string of the molecule is COCCOc1ccc(NC(=O)CNc2c(C)cc(C)cc2C)cc1. The second-order valence-corrected chi connectivity index (χ2v) is 6.04. The second-order valence-electron chi connectivity index (χ2n) is 6.04. The van der Waals surface area contributed by atoms with Crippen molar-refractivity contribution in [3.05, 3.63) is 53.1 Å². The van der Waals surface area contributed by atoms with Crippen molar-refractivity contribution in [1.29, 1.82) is 0 Å². The Labute approximate surface area is 149 Å². The van der Waals surface area contributed by atoms with Crippen LogP contribution in [0, 0.1) is 20.8 Å². The number of rotatable bonds is 8. The number of carbonyl (C=O) groups is 1. The van der Waals surface area contributed by atoms with Crippen LogP contribution in [0.2, 0.25) is 0 Å². The smallest absolute Gasteiger partial charge is 0.243 e. The number of hydrogen-bond donors (Lipinski definition) is 2. The number of carbonyl (C=O) groups excluding carboxylic acids is 1. The summed E-state index contributed by atoms with van der Waals surface area (Å²) in [7, 11) is 1.63. The molecule has 0 saturated heterocycles. The van der Waals surface area contributed by atoms with Crippen LogP contribution < -0.4 is 15.4 Å². The van der Waals surface area contributed by atoms with E-state index in [1.165, 1.54) is 5.56 Å². The Morgan fingerprint density at radius 3 is 2.24 bits per heavy atom. The Hall–Kier alpha value is -2.53. The third-order valence-electron chi connectivity index (χ3n) is 3.80. The molecule has 0 heterocycles. The van der Waals surface area contributed by atoms with Crippen LogP contribution in [0.15, 0.2) is 36.4 Å². The highest BCUT2D eigenvalue weighted by Crippen LogP contribution is 2.21. The summed E-state index contributed by atoms with van der Waals surface area (Å²) in [5.41, 5.74) is 5.26. The molecule has 0 aromatic heterocycles. The zero-order valence-electron chi connectivity index (χ0n) is 15.3. The number of nitrogens with one attached hydrogen (secondary N) is 2. The summed E-state index contributed by atoms with van der Waals surface area (Å²) in [6.45, 7) is 7.42. The molecule has 0 aliphatic heterocycles. The van der Waals surface area contributed by atoms with Gasteiger partial charge in [-0.25, -0.2) is 0 Å². The number of benzene rings is 2. The van der Waals surface area contributed by atoms with E-state index in [2.05, 4.69) is 29.7 Å². The molecule has 0 atom stereocenters. The van der Waals surface area contributed by atoms with E-state index in [1.54, 1.807) is 7.11 Å². The van der Waals surface area contributed by atoms with Crippen LogP contribution in [0.1, 0.15) is 16.7 Å². The van der Waals surface area contributed by atoms with Crippen molar-refractivity contribution in [2.75, 3.05) is 37.5 Å². The Morgan fingerprint density at radius 2 is 1.64 bits per heavy atom. The lowest BCUT2D eigenvalue weighted by atomic mass is 10.1. The van der Waals surface area contributed by atoms with Crippen LogP contribution >= 0.6 is 0 Å². The van der Waals surface area contributed by atoms with Crippen LogP contribution in [-0.2, 0) is 9.53 Å². The van der Waals surface area contributed by atoms with E-state index in [4.69, 9.17) is 9.47 Å². The van der Waals surface area contributed by atoms with E-state index in [9.17, 15) is 4.79 Å². The third-order valence-corrected chi connectivity index (χ3v) is 3.80. The van der Waals surface area contributed by atoms with Gasteiger partial charge in [-0.05, 0) is 56.2 Å². The lowest BCUT2D eigenvalue weighted by Crippen LogP contribution is -2.22. The molecule has 2 N–H and O–H groups in total. The van der Waals surface area contributed by atoms with E-state index in [-0.39, 0.29) is 12.5 Å². The topological polar surface area (TPSA) is 59.6 Å². The Kier molecular flexibility index (Phi) is 6.83. The summed E-state index contributed by atoms with van der Waals surface area (Å²) in [6, 6.07) is 11.5. The first-order valence-electron chi connectivity index (χ1n) is 8.33. The highest BCUT2D eigenvalue weighted by atomic mass is 16.5. The van der Waals surface area contributed by atoms with Crippen molar-refractivity contribution in [2.45, 2.75) is 20.8 Å². The van der Waals surface area contributed by atoms with Crippen LogP contribution in [0.5, 0.6) is 5.75 Å². The fraction of sp³-hybridized carbons (Fsp3) is 0.350. The lowest BCUT2D eigenvalue weighted by Gasteiger charge is -2.14. The second kappa shape index (κ2) is 9.08. The Morgan fingerprint density at radius 1 is 1.00 bits per heavy atom. The summed E-state index contributed by atoms with van der Waals surface area (Å²) >= 11 is 0. The first-order valence-corrected chi connectivity index (χ1v) is 8.33. The molecule has 0 spiro atoms. The molecule has 5 heteroatoms. The van der Waals surface area contributed by atoms with Crippen LogP contribution in [0.3, 0.4) is 0 Å². The maximum Gasteiger partial charge on any atom is 0.243 e. The summed E-state index contributed by atoms with van der Waals surface area (Å²) < 4.78 is 10.4. The molecule has 25 heavy (non-hydrogen) atoms. The van der Waals surface area contributed by atoms with Gasteiger partial charge in [0, 0.05) is 18.5 Å². The first-order chi connectivity index (χ1) is 12.0. The summed E-state index contributed by atoms with van der Waals surface area (Å²) in [6.07, 6.45) is 0. The highest BCUT2D eigenvalue weighted by molar-refractivity contribution is 5.94. The largest absolute Gasteiger partial charge is 0.491 e. The lowest BCUT2D eigenvalue weighted by molar-refractivity contribution is -0.114. The van der Waals surface area contributed by atoms with Crippen molar-refractivity contribution in [3.8, 4) is 5.75 Å². The molecule has 2 rings (SSSR count). The molecule has 0 aliphatic carbocycles. The Bertz CT molecular complexity index is 688. The van der Waals surface area contributed by atoms with Crippen molar-refractivity contribution < 1.29 is 14.3 Å². The average Bonchev–Trinajstić information content (AvgIpc) is 2.55. The van der Waals surface area contributed by atoms with E-state index in [0.29, 0.717) is 13.2 Å². The molecule has 0 fully saturated rings. The maximum atomic E-state index is 12.1. The minimum absolute atomic E-state index is 0.0903. The van der Waals surface area contributed by atoms with E-state index in [0.717, 1.165) is 28.3 Å². The molecule has 0 bridgehead atoms. The predicted octanol–water partition coefficient (Wildman–Crippen LogP) is 3.69. The number of amides is 1. The summed E-state index contributed by atoms with van der Waals surface area (Å²) in [4.78, 5) is 12.1. The normalized spacial score (nSPS) is 10.4. The van der Waals surface area contributed by atoms with Gasteiger partial charge in [0.15, 0.2) is 0 Å². The molecular weight excluding hydrogens is 316 g/mol. The molecule has 0 saturated carbocycles. The summed E-state index contributed by atoms with van der Waals surface area (Å²) in [5, 5.41) is 6.10. The van der Waals surface area contributed by atoms with Gasteiger partial charge in [0.1, 0.15) is 12.4 Å². The fourth-order valence-electron chi connectivity index (χ4n) is 2.71. The van der Waals surface area contributed by atoms with E-state index >= 15 is 0 Å². The standard InChI is InChI=1S/C20H26N2O3/c1-14-11-15(2)20(16(3)12-14)21-13-19(23)22-17-5-7-18(8-6-17)25-10-9-24-4/h5-8,11-12,21H,9-10,13H2,1-4H3,(H,22,23). The van der Waals surface area contributed by atoms with Gasteiger partial charge in [-0.1, -0.05) is 17.7 Å². The molecule has 1 amide bonds. The number of anilines is 2. The van der Waals surface area contributed by atoms with Crippen LogP contribution in [-0.4, -0.2) is 32.8 Å². The van der Waals surface area contributed by atoms with Gasteiger partial charge in [-0.15, -0.1) is 0 Å². The van der Waals surface area contributed by atoms with Gasteiger partial charge in [0.25, 0.3) is 0 Å². The molecular formula is C20H26N2O3. The molecule has 0 aliphatic rings. The Balaban J connectivity index is 1.86. The van der Waals surface area contributed by atoms with Crippen molar-refractivity contribution in [1.82, 2.24) is 0 Å². The van der Waals surface area contributed by atoms with Gasteiger partial charge >= 0.3 is 0 Å². The monoisotopic (exact) mass is 342 g/mol. The molecule has 5 nitrogen and oxygen atoms in total.